The highest BCUT2D eigenvalue weighted by molar-refractivity contribution is 4.82. The van der Waals surface area contributed by atoms with E-state index >= 15 is 0 Å². The summed E-state index contributed by atoms with van der Waals surface area (Å²) in [5.41, 5.74) is 0. The second kappa shape index (κ2) is 5.83. The Bertz CT molecular complexity index is 281. The van der Waals surface area contributed by atoms with Crippen LogP contribution in [0.1, 0.15) is 0 Å². The second-order valence-corrected chi connectivity index (χ2v) is 2.49. The van der Waals surface area contributed by atoms with E-state index in [1.165, 1.54) is 0 Å². The summed E-state index contributed by atoms with van der Waals surface area (Å²) in [5.74, 6) is 0. The summed E-state index contributed by atoms with van der Waals surface area (Å²) in [5, 5.41) is 0. The minimum absolute atomic E-state index is 1.75. The van der Waals surface area contributed by atoms with E-state index in [1.54, 1.807) is 12.4 Å². The van der Waals surface area contributed by atoms with Crippen LogP contribution in [0.5, 0.6) is 0 Å². The zero-order valence-electron chi connectivity index (χ0n) is 7.59. The van der Waals surface area contributed by atoms with Crippen LogP contribution in [0.25, 0.3) is 0 Å². The van der Waals surface area contributed by atoms with Gasteiger partial charge in [-0.3, -0.25) is 4.98 Å². The van der Waals surface area contributed by atoms with Crippen molar-refractivity contribution in [2.75, 3.05) is 0 Å². The fourth-order valence-corrected chi connectivity index (χ4v) is 0.729. The number of pyridine rings is 1. The predicted octanol–water partition coefficient (Wildman–Crippen LogP) is 0.407. The van der Waals surface area contributed by atoms with Crippen molar-refractivity contribution in [2.45, 2.75) is 0 Å². The highest BCUT2D eigenvalue weighted by Crippen LogP contribution is 1.68. The van der Waals surface area contributed by atoms with Crippen molar-refractivity contribution in [2.24, 2.45) is 7.05 Å². The minimum Gasteiger partial charge on any atom is -0.252 e. The molecule has 0 aliphatic rings. The molecule has 0 saturated heterocycles. The van der Waals surface area contributed by atoms with Gasteiger partial charge >= 0.3 is 0 Å². The summed E-state index contributed by atoms with van der Waals surface area (Å²) in [6, 6.07) is 5.86. The van der Waals surface area contributed by atoms with Gasteiger partial charge in [-0.25, -0.2) is 9.55 Å². The van der Waals surface area contributed by atoms with Gasteiger partial charge in [-0.2, -0.15) is 0 Å². The lowest BCUT2D eigenvalue weighted by Crippen LogP contribution is -2.25. The van der Waals surface area contributed by atoms with Crippen molar-refractivity contribution in [3.05, 3.63) is 55.4 Å². The molecule has 1 N–H and O–H groups in total. The van der Waals surface area contributed by atoms with Crippen LogP contribution < -0.4 is 9.55 Å². The topological polar surface area (TPSA) is 30.9 Å². The van der Waals surface area contributed by atoms with Crippen LogP contribution in [-0.2, 0) is 7.05 Å². The molecule has 2 aromatic heterocycles. The average molecular weight is 175 g/mol. The van der Waals surface area contributed by atoms with Crippen molar-refractivity contribution in [1.82, 2.24) is 4.98 Å². The minimum atomic E-state index is 1.75. The van der Waals surface area contributed by atoms with Crippen LogP contribution in [0.15, 0.2) is 55.4 Å². The molecule has 2 rings (SSSR count). The Morgan fingerprint density at radius 3 is 1.85 bits per heavy atom. The number of aromatic nitrogens is 3. The van der Waals surface area contributed by atoms with E-state index in [2.05, 4.69) is 9.97 Å². The maximum Gasteiger partial charge on any atom is 0.186 e. The van der Waals surface area contributed by atoms with Crippen LogP contribution in [0.2, 0.25) is 0 Å². The van der Waals surface area contributed by atoms with Crippen LogP contribution >= 0.6 is 0 Å². The summed E-state index contributed by atoms with van der Waals surface area (Å²) in [6.45, 7) is 0. The van der Waals surface area contributed by atoms with Crippen LogP contribution in [0, 0.1) is 0 Å². The van der Waals surface area contributed by atoms with Crippen molar-refractivity contribution in [3.8, 4) is 0 Å². The number of nitrogens with zero attached hydrogens (tertiary/aromatic N) is 2. The first kappa shape index (κ1) is 9.32. The molecule has 2 heterocycles. The maximum atomic E-state index is 3.82. The van der Waals surface area contributed by atoms with E-state index in [0.29, 0.717) is 0 Å². The monoisotopic (exact) mass is 175 g/mol. The molecule has 0 spiro atoms. The van der Waals surface area contributed by atoms with Crippen LogP contribution in [0.3, 0.4) is 0 Å². The molecule has 3 nitrogen and oxygen atoms in total. The zero-order valence-corrected chi connectivity index (χ0v) is 7.59. The van der Waals surface area contributed by atoms with E-state index in [-0.39, 0.29) is 0 Å². The molecule has 66 valence electrons. The van der Waals surface area contributed by atoms with Crippen molar-refractivity contribution >= 4 is 0 Å². The highest BCUT2D eigenvalue weighted by atomic mass is 14.9. The van der Waals surface area contributed by atoms with Gasteiger partial charge < -0.3 is 0 Å². The first-order valence-corrected chi connectivity index (χ1v) is 4.06. The Morgan fingerprint density at radius 2 is 1.62 bits per heavy atom. The molecular formula is C10H13N3+2. The van der Waals surface area contributed by atoms with Gasteiger partial charge in [0.15, 0.2) is 24.8 Å². The predicted molar refractivity (Wildman–Crippen MR) is 48.4 cm³/mol. The molecule has 0 saturated carbocycles. The Labute approximate surface area is 77.7 Å². The summed E-state index contributed by atoms with van der Waals surface area (Å²) >= 11 is 0. The van der Waals surface area contributed by atoms with E-state index < -0.39 is 0 Å². The van der Waals surface area contributed by atoms with Gasteiger partial charge in [0.1, 0.15) is 7.05 Å². The molecule has 0 radical (unpaired) electrons. The lowest BCUT2D eigenvalue weighted by Gasteiger charge is -1.77. The average Bonchev–Trinajstić information content (AvgIpc) is 2.22. The first-order chi connectivity index (χ1) is 6.39. The Hall–Kier alpha value is -1.77. The van der Waals surface area contributed by atoms with E-state index in [4.69, 9.17) is 0 Å². The third kappa shape index (κ3) is 4.63. The molecule has 0 unspecified atom stereocenters. The van der Waals surface area contributed by atoms with Gasteiger partial charge in [-0.1, -0.05) is 6.07 Å². The lowest BCUT2D eigenvalue weighted by atomic mass is 10.5. The second-order valence-electron chi connectivity index (χ2n) is 2.49. The Kier molecular flexibility index (Phi) is 4.18. The molecule has 0 aliphatic carbocycles. The van der Waals surface area contributed by atoms with Gasteiger partial charge in [0.05, 0.1) is 12.4 Å². The number of aryl methyl sites for hydroxylation is 1. The maximum absolute atomic E-state index is 3.82. The molecule has 0 aromatic carbocycles. The molecule has 0 bridgehead atoms. The Balaban J connectivity index is 0.000000132. The molecule has 0 fully saturated rings. The van der Waals surface area contributed by atoms with E-state index in [1.807, 2.05) is 54.6 Å². The Morgan fingerprint density at radius 1 is 1.00 bits per heavy atom. The largest absolute Gasteiger partial charge is 0.252 e. The smallest absolute Gasteiger partial charge is 0.186 e. The molecule has 0 amide bonds. The van der Waals surface area contributed by atoms with Crippen molar-refractivity contribution in [1.29, 1.82) is 0 Å². The third-order valence-corrected chi connectivity index (χ3v) is 1.38. The SMILES string of the molecule is C[n+]1ccncc1.c1cc[nH+]cc1. The van der Waals surface area contributed by atoms with Gasteiger partial charge in [-0.15, -0.1) is 0 Å². The van der Waals surface area contributed by atoms with Gasteiger partial charge in [0, 0.05) is 12.1 Å². The fraction of sp³-hybridized carbons (Fsp3) is 0.100. The van der Waals surface area contributed by atoms with E-state index in [0.717, 1.165) is 0 Å². The van der Waals surface area contributed by atoms with Crippen molar-refractivity contribution in [3.63, 3.8) is 0 Å². The lowest BCUT2D eigenvalue weighted by molar-refractivity contribution is -0.672. The van der Waals surface area contributed by atoms with Gasteiger partial charge in [0.2, 0.25) is 0 Å². The van der Waals surface area contributed by atoms with Gasteiger partial charge in [-0.05, 0) is 0 Å². The van der Waals surface area contributed by atoms with Crippen LogP contribution in [-0.4, -0.2) is 4.98 Å². The number of H-pyrrole nitrogens is 1. The van der Waals surface area contributed by atoms with Gasteiger partial charge in [0.25, 0.3) is 0 Å². The molecule has 0 aliphatic heterocycles. The quantitative estimate of drug-likeness (QED) is 0.533. The third-order valence-electron chi connectivity index (χ3n) is 1.38. The number of hydrogen-bond donors (Lipinski definition) is 0. The summed E-state index contributed by atoms with van der Waals surface area (Å²) in [6.07, 6.45) is 11.0. The zero-order chi connectivity index (χ0) is 9.36. The number of aromatic amines is 1. The number of rotatable bonds is 0. The number of nitrogens with one attached hydrogen (secondary N) is 1. The highest BCUT2D eigenvalue weighted by Gasteiger charge is 1.79. The molecule has 3 heteroatoms. The van der Waals surface area contributed by atoms with E-state index in [9.17, 15) is 0 Å². The first-order valence-electron chi connectivity index (χ1n) is 4.06. The molecule has 13 heavy (non-hydrogen) atoms. The summed E-state index contributed by atoms with van der Waals surface area (Å²) in [4.78, 5) is 6.72. The fourth-order valence-electron chi connectivity index (χ4n) is 0.729. The van der Waals surface area contributed by atoms with Crippen molar-refractivity contribution < 1.29 is 9.55 Å². The standard InChI is InChI=1S/C5H7N2.C5H5N/c1-7-4-2-6-3-5-7;1-2-4-6-5-3-1/h2-5H,1H3;1-5H/q+1;/p+1. The van der Waals surface area contributed by atoms with Crippen LogP contribution in [0.4, 0.5) is 0 Å². The normalized spacial score (nSPS) is 8.38. The molecule has 0 atom stereocenters. The molecule has 2 aromatic rings. The summed E-state index contributed by atoms with van der Waals surface area (Å²) in [7, 11) is 1.96. The molecular weight excluding hydrogens is 162 g/mol. The summed E-state index contributed by atoms with van der Waals surface area (Å²) < 4.78 is 1.94. The number of hydrogen-bond acceptors (Lipinski definition) is 1.